The average molecular weight is 495 g/mol. The largest absolute Gasteiger partial charge is 0.489 e. The summed E-state index contributed by atoms with van der Waals surface area (Å²) in [6.45, 7) is -0.0621. The molecular weight excluding hydrogens is 475 g/mol. The summed E-state index contributed by atoms with van der Waals surface area (Å²) < 4.78 is 30.9. The van der Waals surface area contributed by atoms with Gasteiger partial charge in [0, 0.05) is 11.1 Å². The van der Waals surface area contributed by atoms with Crippen molar-refractivity contribution in [1.82, 2.24) is 9.78 Å². The quantitative estimate of drug-likeness (QED) is 0.316. The molecule has 4 rings (SSSR count). The molecule has 0 N–H and O–H groups in total. The number of carbonyl (C=O) groups excluding carboxylic acids is 2. The van der Waals surface area contributed by atoms with E-state index in [1.54, 1.807) is 54.6 Å². The van der Waals surface area contributed by atoms with Gasteiger partial charge in [-0.3, -0.25) is 0 Å². The molecule has 0 bridgehead atoms. The molecule has 0 radical (unpaired) electrons. The molecule has 0 aliphatic carbocycles. The maximum absolute atomic E-state index is 14.0. The van der Waals surface area contributed by atoms with Gasteiger partial charge >= 0.3 is 11.9 Å². The van der Waals surface area contributed by atoms with Crippen LogP contribution in [-0.4, -0.2) is 35.9 Å². The smallest absolute Gasteiger partial charge is 0.357 e. The summed E-state index contributed by atoms with van der Waals surface area (Å²) in [4.78, 5) is 25.4. The van der Waals surface area contributed by atoms with Gasteiger partial charge in [0.2, 0.25) is 0 Å². The van der Waals surface area contributed by atoms with Crippen LogP contribution >= 0.6 is 11.6 Å². The van der Waals surface area contributed by atoms with Crippen molar-refractivity contribution < 1.29 is 28.2 Å². The Morgan fingerprint density at radius 2 is 1.60 bits per heavy atom. The molecule has 3 aromatic carbocycles. The molecule has 0 spiro atoms. The van der Waals surface area contributed by atoms with Crippen LogP contribution in [0.5, 0.6) is 5.75 Å². The van der Waals surface area contributed by atoms with Crippen LogP contribution in [0.25, 0.3) is 16.9 Å². The number of aromatic nitrogens is 2. The number of carbonyl (C=O) groups is 2. The van der Waals surface area contributed by atoms with Gasteiger partial charge in [-0.05, 0) is 48.5 Å². The van der Waals surface area contributed by atoms with Crippen LogP contribution in [0.2, 0.25) is 5.02 Å². The Kier molecular flexibility index (Phi) is 7.12. The van der Waals surface area contributed by atoms with Gasteiger partial charge < -0.3 is 14.2 Å². The van der Waals surface area contributed by atoms with Crippen LogP contribution in [0.1, 0.15) is 26.4 Å². The van der Waals surface area contributed by atoms with Crippen molar-refractivity contribution in [2.75, 3.05) is 14.2 Å². The van der Waals surface area contributed by atoms with E-state index in [2.05, 4.69) is 5.10 Å². The Balaban J connectivity index is 1.73. The van der Waals surface area contributed by atoms with Crippen LogP contribution in [0.3, 0.4) is 0 Å². The van der Waals surface area contributed by atoms with Gasteiger partial charge in [0.15, 0.2) is 5.69 Å². The number of esters is 2. The fraction of sp³-hybridized carbons (Fsp3) is 0.115. The zero-order valence-electron chi connectivity index (χ0n) is 18.8. The molecular formula is C26H20ClFN2O5. The fourth-order valence-electron chi connectivity index (χ4n) is 3.49. The molecule has 0 amide bonds. The topological polar surface area (TPSA) is 79.7 Å². The Bertz CT molecular complexity index is 1350. The van der Waals surface area contributed by atoms with E-state index in [-0.39, 0.29) is 34.1 Å². The highest BCUT2D eigenvalue weighted by Crippen LogP contribution is 2.31. The van der Waals surface area contributed by atoms with Crippen LogP contribution in [0.4, 0.5) is 4.39 Å². The summed E-state index contributed by atoms with van der Waals surface area (Å²) in [5, 5.41) is 4.81. The minimum absolute atomic E-state index is 0.0324. The minimum atomic E-state index is -0.741. The summed E-state index contributed by atoms with van der Waals surface area (Å²) in [6, 6.07) is 19.9. The lowest BCUT2D eigenvalue weighted by atomic mass is 10.1. The standard InChI is InChI=1S/C26H20ClFN2O5/c1-33-25(31)22-23(29-30(24(22)26(32)34-2)17-7-4-3-5-8-17)16-11-13-18(14-12-16)35-15-19-20(27)9-6-10-21(19)28/h3-14H,15H2,1-2H3. The van der Waals surface area contributed by atoms with Crippen LogP contribution in [-0.2, 0) is 16.1 Å². The second kappa shape index (κ2) is 10.4. The normalized spacial score (nSPS) is 10.6. The summed E-state index contributed by atoms with van der Waals surface area (Å²) in [6.07, 6.45) is 0. The number of para-hydroxylation sites is 1. The summed E-state index contributed by atoms with van der Waals surface area (Å²) >= 11 is 6.05. The minimum Gasteiger partial charge on any atom is -0.489 e. The summed E-state index contributed by atoms with van der Waals surface area (Å²) in [5.41, 5.74) is 1.47. The molecule has 0 aliphatic rings. The van der Waals surface area contributed by atoms with Gasteiger partial charge in [-0.25, -0.2) is 18.7 Å². The number of methoxy groups -OCH3 is 2. The first kappa shape index (κ1) is 24.0. The molecule has 0 saturated carbocycles. The maximum Gasteiger partial charge on any atom is 0.357 e. The third-order valence-corrected chi connectivity index (χ3v) is 5.58. The van der Waals surface area contributed by atoms with Gasteiger partial charge in [-0.1, -0.05) is 35.9 Å². The first-order valence-corrected chi connectivity index (χ1v) is 10.8. The Hall–Kier alpha value is -4.17. The van der Waals surface area contributed by atoms with E-state index in [4.69, 9.17) is 25.8 Å². The lowest BCUT2D eigenvalue weighted by Crippen LogP contribution is -2.15. The lowest BCUT2D eigenvalue weighted by molar-refractivity contribution is 0.0549. The van der Waals surface area contributed by atoms with Crippen LogP contribution in [0.15, 0.2) is 72.8 Å². The van der Waals surface area contributed by atoms with Crippen molar-refractivity contribution in [3.63, 3.8) is 0 Å². The van der Waals surface area contributed by atoms with E-state index in [9.17, 15) is 14.0 Å². The van der Waals surface area contributed by atoms with Crippen LogP contribution in [0, 0.1) is 5.82 Å². The Morgan fingerprint density at radius 1 is 0.914 bits per heavy atom. The molecule has 9 heteroatoms. The number of benzene rings is 3. The average Bonchev–Trinajstić information content (AvgIpc) is 3.29. The summed E-state index contributed by atoms with van der Waals surface area (Å²) in [5.74, 6) is -1.49. The van der Waals surface area contributed by atoms with Gasteiger partial charge in [0.1, 0.15) is 29.4 Å². The first-order chi connectivity index (χ1) is 16.9. The highest BCUT2D eigenvalue weighted by atomic mass is 35.5. The number of rotatable bonds is 7. The molecule has 0 atom stereocenters. The van der Waals surface area contributed by atoms with Crippen molar-refractivity contribution in [3.05, 3.63) is 100 Å². The van der Waals surface area contributed by atoms with Crippen molar-refractivity contribution in [3.8, 4) is 22.7 Å². The van der Waals surface area contributed by atoms with E-state index in [0.717, 1.165) is 0 Å². The zero-order valence-corrected chi connectivity index (χ0v) is 19.6. The lowest BCUT2D eigenvalue weighted by Gasteiger charge is -2.09. The second-order valence-electron chi connectivity index (χ2n) is 7.32. The van der Waals surface area contributed by atoms with Gasteiger partial charge in [-0.2, -0.15) is 5.10 Å². The predicted molar refractivity (Wildman–Crippen MR) is 127 cm³/mol. The monoisotopic (exact) mass is 494 g/mol. The highest BCUT2D eigenvalue weighted by molar-refractivity contribution is 6.31. The third-order valence-electron chi connectivity index (χ3n) is 5.23. The van der Waals surface area contributed by atoms with Gasteiger partial charge in [0.05, 0.1) is 24.9 Å². The first-order valence-electron chi connectivity index (χ1n) is 10.5. The number of halogens is 2. The van der Waals surface area contributed by atoms with Gasteiger partial charge in [0.25, 0.3) is 0 Å². The number of hydrogen-bond donors (Lipinski definition) is 0. The van der Waals surface area contributed by atoms with Gasteiger partial charge in [-0.15, -0.1) is 0 Å². The molecule has 4 aromatic rings. The molecule has 0 saturated heterocycles. The van der Waals surface area contributed by atoms with Crippen molar-refractivity contribution in [2.24, 2.45) is 0 Å². The molecule has 1 aromatic heterocycles. The number of ether oxygens (including phenoxy) is 3. The molecule has 178 valence electrons. The molecule has 0 unspecified atom stereocenters. The molecule has 35 heavy (non-hydrogen) atoms. The van der Waals surface area contributed by atoms with Crippen molar-refractivity contribution in [2.45, 2.75) is 6.61 Å². The SMILES string of the molecule is COC(=O)c1c(-c2ccc(OCc3c(F)cccc3Cl)cc2)nn(-c2ccccc2)c1C(=O)OC. The van der Waals surface area contributed by atoms with Crippen molar-refractivity contribution >= 4 is 23.5 Å². The van der Waals surface area contributed by atoms with E-state index in [1.807, 2.05) is 6.07 Å². The molecule has 0 fully saturated rings. The number of hydrogen-bond acceptors (Lipinski definition) is 6. The van der Waals surface area contributed by atoms with E-state index in [1.165, 1.54) is 31.0 Å². The van der Waals surface area contributed by atoms with E-state index < -0.39 is 17.8 Å². The second-order valence-corrected chi connectivity index (χ2v) is 7.72. The van der Waals surface area contributed by atoms with Crippen LogP contribution < -0.4 is 4.74 Å². The summed E-state index contributed by atoms with van der Waals surface area (Å²) in [7, 11) is 2.44. The van der Waals surface area contributed by atoms with E-state index in [0.29, 0.717) is 17.0 Å². The Morgan fingerprint density at radius 3 is 2.23 bits per heavy atom. The van der Waals surface area contributed by atoms with Crippen molar-refractivity contribution in [1.29, 1.82) is 0 Å². The Labute approximate surface area is 205 Å². The predicted octanol–water partition coefficient (Wildman–Crippen LogP) is 5.48. The molecule has 1 heterocycles. The molecule has 7 nitrogen and oxygen atoms in total. The maximum atomic E-state index is 14.0. The highest BCUT2D eigenvalue weighted by Gasteiger charge is 2.31. The number of nitrogens with zero attached hydrogens (tertiary/aromatic N) is 2. The molecule has 0 aliphatic heterocycles. The zero-order chi connectivity index (χ0) is 24.9. The fourth-order valence-corrected chi connectivity index (χ4v) is 3.71. The van der Waals surface area contributed by atoms with E-state index >= 15 is 0 Å². The third kappa shape index (κ3) is 4.88.